The van der Waals surface area contributed by atoms with E-state index in [1.54, 1.807) is 57.7 Å². The molecule has 2 fully saturated rings. The van der Waals surface area contributed by atoms with Gasteiger partial charge in [0.25, 0.3) is 5.91 Å². The van der Waals surface area contributed by atoms with E-state index < -0.39 is 0 Å². The Morgan fingerprint density at radius 2 is 1.86 bits per heavy atom. The standard InChI is InChI=1S/C25H26N8O4/c1-15-4-5-17(9-18(15)26-23(34)19-8-16(2)29-31(19)3)37-22-7-6-21-27-20(10-33(21)30-22)28-24(35)32-11-25(12-32)13-36-14-25/h4-10H,11-14H2,1-3H3,(H,26,34)(H,28,35). The van der Waals surface area contributed by atoms with Crippen molar-refractivity contribution in [1.82, 2.24) is 29.3 Å². The van der Waals surface area contributed by atoms with Crippen LogP contribution < -0.4 is 15.4 Å². The van der Waals surface area contributed by atoms with Gasteiger partial charge in [-0.25, -0.2) is 14.3 Å². The number of ether oxygens (including phenoxy) is 2. The van der Waals surface area contributed by atoms with E-state index in [2.05, 4.69) is 25.8 Å². The van der Waals surface area contributed by atoms with Crippen molar-refractivity contribution in [2.24, 2.45) is 12.5 Å². The molecule has 0 atom stereocenters. The zero-order valence-electron chi connectivity index (χ0n) is 20.7. The molecule has 2 aliphatic rings. The number of rotatable bonds is 5. The Bertz CT molecular complexity index is 1530. The molecule has 0 radical (unpaired) electrons. The first-order valence-electron chi connectivity index (χ1n) is 11.9. The van der Waals surface area contributed by atoms with Gasteiger partial charge in [-0.2, -0.15) is 5.10 Å². The predicted molar refractivity (Wildman–Crippen MR) is 134 cm³/mol. The van der Waals surface area contributed by atoms with Crippen LogP contribution in [0.25, 0.3) is 5.65 Å². The summed E-state index contributed by atoms with van der Waals surface area (Å²) in [5.41, 5.74) is 3.46. The maximum absolute atomic E-state index is 12.7. The van der Waals surface area contributed by atoms with Crippen molar-refractivity contribution in [2.75, 3.05) is 36.9 Å². The summed E-state index contributed by atoms with van der Waals surface area (Å²) in [6.07, 6.45) is 1.64. The molecule has 0 saturated carbocycles. The van der Waals surface area contributed by atoms with Crippen molar-refractivity contribution in [3.63, 3.8) is 0 Å². The summed E-state index contributed by atoms with van der Waals surface area (Å²) >= 11 is 0. The summed E-state index contributed by atoms with van der Waals surface area (Å²) in [6, 6.07) is 10.4. The quantitative estimate of drug-likeness (QED) is 0.429. The summed E-state index contributed by atoms with van der Waals surface area (Å²) in [5, 5.41) is 14.4. The van der Waals surface area contributed by atoms with Gasteiger partial charge in [0, 0.05) is 38.0 Å². The topological polar surface area (TPSA) is 128 Å². The number of amides is 3. The van der Waals surface area contributed by atoms with Gasteiger partial charge >= 0.3 is 6.03 Å². The molecule has 6 rings (SSSR count). The molecule has 190 valence electrons. The number of anilines is 2. The average molecular weight is 503 g/mol. The van der Waals surface area contributed by atoms with Crippen LogP contribution in [-0.2, 0) is 11.8 Å². The first-order chi connectivity index (χ1) is 17.8. The molecule has 12 heteroatoms. The maximum Gasteiger partial charge on any atom is 0.323 e. The highest BCUT2D eigenvalue weighted by atomic mass is 16.5. The molecule has 0 unspecified atom stereocenters. The molecule has 2 N–H and O–H groups in total. The summed E-state index contributed by atoms with van der Waals surface area (Å²) in [6.45, 7) is 6.57. The first-order valence-corrected chi connectivity index (χ1v) is 11.9. The smallest absolute Gasteiger partial charge is 0.323 e. The molecule has 2 aliphatic heterocycles. The number of nitrogens with zero attached hydrogens (tertiary/aromatic N) is 6. The minimum absolute atomic E-state index is 0.153. The lowest BCUT2D eigenvalue weighted by Gasteiger charge is -2.54. The summed E-state index contributed by atoms with van der Waals surface area (Å²) in [5.74, 6) is 0.992. The normalized spacial score (nSPS) is 15.8. The summed E-state index contributed by atoms with van der Waals surface area (Å²) in [7, 11) is 1.73. The van der Waals surface area contributed by atoms with E-state index in [1.165, 1.54) is 0 Å². The summed E-state index contributed by atoms with van der Waals surface area (Å²) in [4.78, 5) is 31.4. The second-order valence-corrected chi connectivity index (χ2v) is 9.71. The van der Waals surface area contributed by atoms with Crippen LogP contribution in [0, 0.1) is 19.3 Å². The monoisotopic (exact) mass is 502 g/mol. The van der Waals surface area contributed by atoms with Crippen molar-refractivity contribution in [2.45, 2.75) is 13.8 Å². The van der Waals surface area contributed by atoms with Gasteiger partial charge < -0.3 is 19.7 Å². The number of imidazole rings is 1. The van der Waals surface area contributed by atoms with Gasteiger partial charge in [-0.15, -0.1) is 5.10 Å². The van der Waals surface area contributed by atoms with Crippen LogP contribution in [0.2, 0.25) is 0 Å². The molecule has 2 saturated heterocycles. The lowest BCUT2D eigenvalue weighted by Crippen LogP contribution is -2.67. The van der Waals surface area contributed by atoms with E-state index in [1.807, 2.05) is 19.9 Å². The van der Waals surface area contributed by atoms with E-state index >= 15 is 0 Å². The fourth-order valence-corrected chi connectivity index (χ4v) is 4.58. The Morgan fingerprint density at radius 3 is 2.57 bits per heavy atom. The van der Waals surface area contributed by atoms with Crippen LogP contribution in [0.3, 0.4) is 0 Å². The van der Waals surface area contributed by atoms with Crippen LogP contribution in [0.1, 0.15) is 21.7 Å². The van der Waals surface area contributed by atoms with Crippen molar-refractivity contribution < 1.29 is 19.1 Å². The third-order valence-corrected chi connectivity index (χ3v) is 6.60. The third kappa shape index (κ3) is 4.35. The molecule has 0 bridgehead atoms. The molecular formula is C25H26N8O4. The number of hydrogen-bond donors (Lipinski definition) is 2. The second-order valence-electron chi connectivity index (χ2n) is 9.71. The Hall–Kier alpha value is -4.45. The highest BCUT2D eigenvalue weighted by Gasteiger charge is 2.50. The van der Waals surface area contributed by atoms with Gasteiger partial charge in [0.2, 0.25) is 5.88 Å². The van der Waals surface area contributed by atoms with Crippen LogP contribution >= 0.6 is 0 Å². The fraction of sp³-hybridized carbons (Fsp3) is 0.320. The average Bonchev–Trinajstić information content (AvgIpc) is 3.35. The number of fused-ring (bicyclic) bond motifs is 1. The number of urea groups is 1. The Labute approximate surface area is 212 Å². The lowest BCUT2D eigenvalue weighted by atomic mass is 9.78. The molecule has 1 spiro atoms. The number of benzene rings is 1. The molecular weight excluding hydrogens is 476 g/mol. The van der Waals surface area contributed by atoms with Gasteiger partial charge in [0.05, 0.1) is 30.5 Å². The SMILES string of the molecule is Cc1cc(C(=O)Nc2cc(Oc3ccc4nc(NC(=O)N5CC6(COC6)C5)cn4n3)ccc2C)n(C)n1. The maximum atomic E-state index is 12.7. The molecule has 3 aromatic heterocycles. The minimum atomic E-state index is -0.259. The van der Waals surface area contributed by atoms with E-state index in [0.717, 1.165) is 24.5 Å². The number of likely N-dealkylation sites (tertiary alicyclic amines) is 1. The number of aromatic nitrogens is 5. The van der Waals surface area contributed by atoms with E-state index in [4.69, 9.17) is 9.47 Å². The molecule has 4 aromatic rings. The Kier molecular flexibility index (Phi) is 5.33. The number of aryl methyl sites for hydroxylation is 3. The summed E-state index contributed by atoms with van der Waals surface area (Å²) < 4.78 is 14.3. The van der Waals surface area contributed by atoms with Crippen molar-refractivity contribution >= 4 is 29.1 Å². The van der Waals surface area contributed by atoms with E-state index in [9.17, 15) is 9.59 Å². The Morgan fingerprint density at radius 1 is 1.05 bits per heavy atom. The van der Waals surface area contributed by atoms with Crippen LogP contribution in [0.15, 0.2) is 42.6 Å². The van der Waals surface area contributed by atoms with E-state index in [0.29, 0.717) is 47.6 Å². The molecule has 37 heavy (non-hydrogen) atoms. The number of hydrogen-bond acceptors (Lipinski definition) is 7. The molecule has 1 aromatic carbocycles. The highest BCUT2D eigenvalue weighted by Crippen LogP contribution is 2.37. The number of carbonyl (C=O) groups is 2. The number of carbonyl (C=O) groups excluding carboxylic acids is 2. The van der Waals surface area contributed by atoms with Crippen LogP contribution in [0.5, 0.6) is 11.6 Å². The zero-order chi connectivity index (χ0) is 25.7. The van der Waals surface area contributed by atoms with Gasteiger partial charge in [-0.05, 0) is 37.6 Å². The van der Waals surface area contributed by atoms with Crippen molar-refractivity contribution in [1.29, 1.82) is 0 Å². The third-order valence-electron chi connectivity index (χ3n) is 6.60. The van der Waals surface area contributed by atoms with Crippen LogP contribution in [-0.4, -0.2) is 67.5 Å². The van der Waals surface area contributed by atoms with Gasteiger partial charge in [0.15, 0.2) is 11.5 Å². The zero-order valence-corrected chi connectivity index (χ0v) is 20.7. The largest absolute Gasteiger partial charge is 0.438 e. The predicted octanol–water partition coefficient (Wildman–Crippen LogP) is 2.99. The second kappa shape index (κ2) is 8.59. The molecule has 3 amide bonds. The fourth-order valence-electron chi connectivity index (χ4n) is 4.58. The number of nitrogens with one attached hydrogen (secondary N) is 2. The molecule has 0 aliphatic carbocycles. The highest BCUT2D eigenvalue weighted by molar-refractivity contribution is 6.03. The van der Waals surface area contributed by atoms with E-state index in [-0.39, 0.29) is 17.4 Å². The van der Waals surface area contributed by atoms with Crippen molar-refractivity contribution in [3.05, 3.63) is 59.5 Å². The lowest BCUT2D eigenvalue weighted by molar-refractivity contribution is -0.174. The van der Waals surface area contributed by atoms with Gasteiger partial charge in [-0.3, -0.25) is 14.8 Å². The van der Waals surface area contributed by atoms with Crippen molar-refractivity contribution in [3.8, 4) is 11.6 Å². The molecule has 12 nitrogen and oxygen atoms in total. The Balaban J connectivity index is 1.13. The van der Waals surface area contributed by atoms with Gasteiger partial charge in [-0.1, -0.05) is 6.07 Å². The van der Waals surface area contributed by atoms with Crippen LogP contribution in [0.4, 0.5) is 16.3 Å². The minimum Gasteiger partial charge on any atom is -0.438 e. The van der Waals surface area contributed by atoms with Gasteiger partial charge in [0.1, 0.15) is 11.4 Å². The molecule has 5 heterocycles. The first kappa shape index (κ1) is 23.0.